The van der Waals surface area contributed by atoms with Crippen molar-refractivity contribution in [2.75, 3.05) is 17.1 Å². The van der Waals surface area contributed by atoms with E-state index < -0.39 is 34.3 Å². The average Bonchev–Trinajstić information content (AvgIpc) is 2.70. The van der Waals surface area contributed by atoms with Crippen LogP contribution in [0.2, 0.25) is 0 Å². The number of sulfonamides is 1. The van der Waals surface area contributed by atoms with Crippen molar-refractivity contribution in [1.29, 1.82) is 0 Å². The van der Waals surface area contributed by atoms with Gasteiger partial charge in [0, 0.05) is 12.6 Å². The van der Waals surface area contributed by atoms with E-state index in [0.29, 0.717) is 11.3 Å². The second-order valence-electron chi connectivity index (χ2n) is 7.59. The molecule has 2 aromatic rings. The van der Waals surface area contributed by atoms with Crippen LogP contribution in [0.5, 0.6) is 0 Å². The summed E-state index contributed by atoms with van der Waals surface area (Å²) in [6.45, 7) is 4.74. The van der Waals surface area contributed by atoms with E-state index >= 15 is 0 Å². The van der Waals surface area contributed by atoms with Crippen molar-refractivity contribution < 1.29 is 22.4 Å². The number of hydrogen-bond donors (Lipinski definition) is 1. The summed E-state index contributed by atoms with van der Waals surface area (Å²) >= 11 is 0. The second kappa shape index (κ2) is 10.4. The Morgan fingerprint density at radius 3 is 2.10 bits per heavy atom. The van der Waals surface area contributed by atoms with E-state index in [2.05, 4.69) is 5.32 Å². The van der Waals surface area contributed by atoms with Gasteiger partial charge in [-0.05, 0) is 50.6 Å². The summed E-state index contributed by atoms with van der Waals surface area (Å²) in [6.07, 6.45) is 1.02. The third kappa shape index (κ3) is 7.06. The zero-order valence-corrected chi connectivity index (χ0v) is 18.9. The fraction of sp³-hybridized carbons (Fsp3) is 0.364. The van der Waals surface area contributed by atoms with Gasteiger partial charge in [-0.15, -0.1) is 0 Å². The maximum Gasteiger partial charge on any atom is 0.244 e. The topological polar surface area (TPSA) is 86.8 Å². The number of rotatable bonds is 9. The zero-order valence-electron chi connectivity index (χ0n) is 18.1. The second-order valence-corrected chi connectivity index (χ2v) is 9.50. The van der Waals surface area contributed by atoms with Crippen molar-refractivity contribution in [3.63, 3.8) is 0 Å². The number of anilines is 1. The fourth-order valence-electron chi connectivity index (χ4n) is 2.98. The van der Waals surface area contributed by atoms with Crippen molar-refractivity contribution in [2.45, 2.75) is 39.4 Å². The Bertz CT molecular complexity index is 995. The van der Waals surface area contributed by atoms with Gasteiger partial charge in [0.05, 0.1) is 11.9 Å². The van der Waals surface area contributed by atoms with Gasteiger partial charge in [-0.3, -0.25) is 13.9 Å². The lowest BCUT2D eigenvalue weighted by atomic mass is 10.1. The predicted octanol–water partition coefficient (Wildman–Crippen LogP) is 2.53. The van der Waals surface area contributed by atoms with Crippen LogP contribution in [0.1, 0.15) is 26.3 Å². The molecule has 0 fully saturated rings. The Morgan fingerprint density at radius 2 is 1.58 bits per heavy atom. The van der Waals surface area contributed by atoms with Gasteiger partial charge in [0.1, 0.15) is 18.4 Å². The molecule has 0 heterocycles. The van der Waals surface area contributed by atoms with Gasteiger partial charge < -0.3 is 10.2 Å². The normalized spacial score (nSPS) is 12.3. The number of nitrogens with zero attached hydrogens (tertiary/aromatic N) is 2. The molecule has 0 aliphatic carbocycles. The molecule has 0 bridgehead atoms. The number of para-hydroxylation sites is 1. The minimum Gasteiger partial charge on any atom is -0.352 e. The molecule has 2 amide bonds. The molecule has 2 aromatic carbocycles. The monoisotopic (exact) mass is 449 g/mol. The molecule has 7 nitrogen and oxygen atoms in total. The molecule has 1 unspecified atom stereocenters. The van der Waals surface area contributed by atoms with E-state index in [1.54, 1.807) is 51.1 Å². The molecule has 31 heavy (non-hydrogen) atoms. The first-order valence-electron chi connectivity index (χ1n) is 9.86. The molecular formula is C22H28FN3O4S. The molecule has 0 aromatic heterocycles. The smallest absolute Gasteiger partial charge is 0.244 e. The van der Waals surface area contributed by atoms with E-state index in [9.17, 15) is 22.4 Å². The Kier molecular flexibility index (Phi) is 8.15. The molecule has 1 atom stereocenters. The van der Waals surface area contributed by atoms with E-state index in [-0.39, 0.29) is 18.5 Å². The van der Waals surface area contributed by atoms with Crippen molar-refractivity contribution in [3.05, 3.63) is 66.0 Å². The molecule has 0 aliphatic rings. The minimum atomic E-state index is -3.75. The molecular weight excluding hydrogens is 421 g/mol. The van der Waals surface area contributed by atoms with Crippen LogP contribution in [-0.2, 0) is 26.2 Å². The quantitative estimate of drug-likeness (QED) is 0.637. The van der Waals surface area contributed by atoms with E-state index in [1.165, 1.54) is 29.2 Å². The molecule has 0 spiro atoms. The average molecular weight is 450 g/mol. The van der Waals surface area contributed by atoms with Crippen LogP contribution in [0.4, 0.5) is 10.1 Å². The van der Waals surface area contributed by atoms with E-state index in [1.807, 2.05) is 0 Å². The van der Waals surface area contributed by atoms with Gasteiger partial charge in [-0.25, -0.2) is 12.8 Å². The largest absolute Gasteiger partial charge is 0.352 e. The Morgan fingerprint density at radius 1 is 1.00 bits per heavy atom. The number of benzene rings is 2. The van der Waals surface area contributed by atoms with Crippen molar-refractivity contribution >= 4 is 27.5 Å². The molecule has 1 N–H and O–H groups in total. The summed E-state index contributed by atoms with van der Waals surface area (Å²) in [4.78, 5) is 27.1. The van der Waals surface area contributed by atoms with Gasteiger partial charge in [0.2, 0.25) is 21.8 Å². The minimum absolute atomic E-state index is 0.0260. The summed E-state index contributed by atoms with van der Waals surface area (Å²) < 4.78 is 39.0. The number of halogens is 1. The lowest BCUT2D eigenvalue weighted by molar-refractivity contribution is -0.139. The van der Waals surface area contributed by atoms with E-state index in [0.717, 1.165) is 10.6 Å². The third-order valence-electron chi connectivity index (χ3n) is 4.59. The van der Waals surface area contributed by atoms with Crippen LogP contribution in [0, 0.1) is 5.82 Å². The molecule has 0 saturated carbocycles. The van der Waals surface area contributed by atoms with Gasteiger partial charge in [0.25, 0.3) is 0 Å². The fourth-order valence-corrected chi connectivity index (χ4v) is 3.83. The summed E-state index contributed by atoms with van der Waals surface area (Å²) in [7, 11) is -3.75. The van der Waals surface area contributed by atoms with Crippen molar-refractivity contribution in [2.24, 2.45) is 0 Å². The SMILES string of the molecule is CC(C)NC(=O)C(C)N(Cc1ccc(F)cc1)C(=O)CN(c1ccccc1)S(C)(=O)=O. The first-order valence-corrected chi connectivity index (χ1v) is 11.7. The molecule has 0 aliphatic heterocycles. The molecule has 2 rings (SSSR count). The zero-order chi connectivity index (χ0) is 23.2. The highest BCUT2D eigenvalue weighted by molar-refractivity contribution is 7.92. The van der Waals surface area contributed by atoms with Gasteiger partial charge in [-0.1, -0.05) is 30.3 Å². The van der Waals surface area contributed by atoms with Crippen LogP contribution >= 0.6 is 0 Å². The standard InChI is InChI=1S/C22H28FN3O4S/c1-16(2)24-22(28)17(3)25(14-18-10-12-19(23)13-11-18)21(27)15-26(31(4,29)30)20-8-6-5-7-9-20/h5-13,16-17H,14-15H2,1-4H3,(H,24,28). The predicted molar refractivity (Wildman–Crippen MR) is 118 cm³/mol. The Labute approximate surface area is 182 Å². The Hall–Kier alpha value is -2.94. The van der Waals surface area contributed by atoms with Crippen LogP contribution in [0.15, 0.2) is 54.6 Å². The first-order chi connectivity index (χ1) is 14.5. The van der Waals surface area contributed by atoms with Crippen LogP contribution in [-0.4, -0.2) is 50.0 Å². The van der Waals surface area contributed by atoms with Gasteiger partial charge >= 0.3 is 0 Å². The maximum atomic E-state index is 13.3. The van der Waals surface area contributed by atoms with Gasteiger partial charge in [0.15, 0.2) is 0 Å². The maximum absolute atomic E-state index is 13.3. The number of nitrogens with one attached hydrogen (secondary N) is 1. The third-order valence-corrected chi connectivity index (χ3v) is 5.73. The van der Waals surface area contributed by atoms with Crippen LogP contribution in [0.3, 0.4) is 0 Å². The summed E-state index contributed by atoms with van der Waals surface area (Å²) in [6, 6.07) is 12.9. The number of carbonyl (C=O) groups excluding carboxylic acids is 2. The summed E-state index contributed by atoms with van der Waals surface area (Å²) in [5, 5.41) is 2.76. The number of carbonyl (C=O) groups is 2. The molecule has 168 valence electrons. The summed E-state index contributed by atoms with van der Waals surface area (Å²) in [5.74, 6) is -1.33. The van der Waals surface area contributed by atoms with E-state index in [4.69, 9.17) is 0 Å². The van der Waals surface area contributed by atoms with Gasteiger partial charge in [-0.2, -0.15) is 0 Å². The molecule has 0 saturated heterocycles. The highest BCUT2D eigenvalue weighted by Gasteiger charge is 2.30. The Balaban J connectivity index is 2.35. The van der Waals surface area contributed by atoms with Crippen LogP contribution in [0.25, 0.3) is 0 Å². The van der Waals surface area contributed by atoms with Crippen molar-refractivity contribution in [3.8, 4) is 0 Å². The number of amides is 2. The van der Waals surface area contributed by atoms with Crippen molar-refractivity contribution in [1.82, 2.24) is 10.2 Å². The summed E-state index contributed by atoms with van der Waals surface area (Å²) in [5.41, 5.74) is 0.962. The molecule has 9 heteroatoms. The van der Waals surface area contributed by atoms with Crippen LogP contribution < -0.4 is 9.62 Å². The molecule has 0 radical (unpaired) electrons. The lowest BCUT2D eigenvalue weighted by Crippen LogP contribution is -2.52. The number of hydrogen-bond acceptors (Lipinski definition) is 4. The highest BCUT2D eigenvalue weighted by Crippen LogP contribution is 2.18. The lowest BCUT2D eigenvalue weighted by Gasteiger charge is -2.31. The highest BCUT2D eigenvalue weighted by atomic mass is 32.2. The first kappa shape index (κ1) is 24.3.